The number of fused-ring (bicyclic) bond motifs is 1. The van der Waals surface area contributed by atoms with E-state index in [0.29, 0.717) is 28.2 Å². The summed E-state index contributed by atoms with van der Waals surface area (Å²) in [7, 11) is 0. The molecule has 5 nitrogen and oxygen atoms in total. The van der Waals surface area contributed by atoms with E-state index in [0.717, 1.165) is 29.0 Å². The largest absolute Gasteiger partial charge is 0.343 e. The van der Waals surface area contributed by atoms with Gasteiger partial charge < -0.3 is 10.3 Å². The lowest BCUT2D eigenvalue weighted by Crippen LogP contribution is -2.36. The van der Waals surface area contributed by atoms with E-state index in [1.165, 1.54) is 0 Å². The number of thioether (sulfide) groups is 1. The molecule has 0 saturated heterocycles. The average molecular weight is 416 g/mol. The smallest absolute Gasteiger partial charge is 0.257 e. The number of nitrogens with zero attached hydrogens (tertiary/aromatic N) is 1. The van der Waals surface area contributed by atoms with Crippen LogP contribution in [0.2, 0.25) is 0 Å². The highest BCUT2D eigenvalue weighted by Crippen LogP contribution is 2.48. The van der Waals surface area contributed by atoms with Crippen molar-refractivity contribution < 1.29 is 4.79 Å². The molecule has 0 bridgehead atoms. The Kier molecular flexibility index (Phi) is 5.00. The van der Waals surface area contributed by atoms with Crippen molar-refractivity contribution in [3.05, 3.63) is 49.6 Å². The number of aromatic nitrogens is 2. The Morgan fingerprint density at radius 2 is 2.14 bits per heavy atom. The molecule has 28 heavy (non-hydrogen) atoms. The van der Waals surface area contributed by atoms with Crippen LogP contribution in [0.15, 0.2) is 38.7 Å². The Balaban J connectivity index is 1.88. The van der Waals surface area contributed by atoms with E-state index in [1.54, 1.807) is 23.1 Å². The first-order chi connectivity index (χ1) is 13.3. The molecular formula is C21H25N3O2S2. The number of allylic oxidation sites excluding steroid dienone is 2. The second-order valence-corrected chi connectivity index (χ2v) is 10.8. The molecule has 4 rings (SSSR count). The molecule has 2 atom stereocenters. The van der Waals surface area contributed by atoms with Gasteiger partial charge in [-0.05, 0) is 29.7 Å². The van der Waals surface area contributed by atoms with Crippen LogP contribution in [0, 0.1) is 5.41 Å². The van der Waals surface area contributed by atoms with Gasteiger partial charge in [0.2, 0.25) is 0 Å². The summed E-state index contributed by atoms with van der Waals surface area (Å²) in [4.78, 5) is 34.9. The van der Waals surface area contributed by atoms with E-state index < -0.39 is 0 Å². The third kappa shape index (κ3) is 3.46. The molecule has 0 amide bonds. The summed E-state index contributed by atoms with van der Waals surface area (Å²) in [5, 5.41) is 6.35. The van der Waals surface area contributed by atoms with E-state index >= 15 is 0 Å². The van der Waals surface area contributed by atoms with E-state index in [2.05, 4.69) is 38.0 Å². The van der Waals surface area contributed by atoms with Crippen molar-refractivity contribution in [2.75, 3.05) is 5.32 Å². The number of anilines is 1. The molecule has 7 heteroatoms. The molecule has 0 unspecified atom stereocenters. The van der Waals surface area contributed by atoms with E-state index in [4.69, 9.17) is 4.98 Å². The Morgan fingerprint density at radius 1 is 1.36 bits per heavy atom. The van der Waals surface area contributed by atoms with Gasteiger partial charge in [-0.3, -0.25) is 9.59 Å². The van der Waals surface area contributed by atoms with Gasteiger partial charge >= 0.3 is 0 Å². The summed E-state index contributed by atoms with van der Waals surface area (Å²) in [5.74, 6) is 0.381. The number of hydrogen-bond donors (Lipinski definition) is 2. The van der Waals surface area contributed by atoms with Gasteiger partial charge in [0.25, 0.3) is 5.56 Å². The first kappa shape index (κ1) is 19.5. The molecule has 0 spiro atoms. The van der Waals surface area contributed by atoms with Crippen molar-refractivity contribution in [2.45, 2.75) is 63.3 Å². The highest BCUT2D eigenvalue weighted by Gasteiger charge is 2.42. The van der Waals surface area contributed by atoms with Crippen LogP contribution in [0.25, 0.3) is 0 Å². The maximum Gasteiger partial charge on any atom is 0.257 e. The minimum absolute atomic E-state index is 0.101. The third-order valence-electron chi connectivity index (χ3n) is 5.42. The summed E-state index contributed by atoms with van der Waals surface area (Å²) in [6.07, 6.45) is 2.27. The zero-order chi connectivity index (χ0) is 20.1. The van der Waals surface area contributed by atoms with Gasteiger partial charge in [0.15, 0.2) is 10.9 Å². The van der Waals surface area contributed by atoms with Crippen LogP contribution in [0.1, 0.15) is 63.3 Å². The number of thiophene rings is 1. The minimum Gasteiger partial charge on any atom is -0.343 e. The van der Waals surface area contributed by atoms with E-state index in [-0.39, 0.29) is 22.7 Å². The summed E-state index contributed by atoms with van der Waals surface area (Å²) in [6, 6.07) is 3.97. The van der Waals surface area contributed by atoms with Crippen molar-refractivity contribution in [2.24, 2.45) is 5.41 Å². The molecule has 1 aliphatic heterocycles. The molecule has 0 aromatic carbocycles. The number of Topliss-reactive ketones (excluding diaryl/α,β-unsaturated/α-hetero) is 1. The Hall–Kier alpha value is -1.86. The number of rotatable bonds is 4. The van der Waals surface area contributed by atoms with E-state index in [1.807, 2.05) is 17.5 Å². The van der Waals surface area contributed by atoms with Gasteiger partial charge in [-0.25, -0.2) is 4.98 Å². The minimum atomic E-state index is -0.339. The van der Waals surface area contributed by atoms with Crippen molar-refractivity contribution in [3.8, 4) is 0 Å². The predicted octanol–water partition coefficient (Wildman–Crippen LogP) is 4.92. The summed E-state index contributed by atoms with van der Waals surface area (Å²) in [6.45, 7) is 8.46. The lowest BCUT2D eigenvalue weighted by molar-refractivity contribution is -0.118. The predicted molar refractivity (Wildman–Crippen MR) is 115 cm³/mol. The number of nitrogens with one attached hydrogen (secondary N) is 2. The molecule has 2 aliphatic rings. The van der Waals surface area contributed by atoms with Gasteiger partial charge in [0, 0.05) is 27.8 Å². The van der Waals surface area contributed by atoms with Gasteiger partial charge in [-0.2, -0.15) is 0 Å². The monoisotopic (exact) mass is 415 g/mol. The van der Waals surface area contributed by atoms with E-state index in [9.17, 15) is 9.59 Å². The third-order valence-corrected chi connectivity index (χ3v) is 7.51. The quantitative estimate of drug-likeness (QED) is 0.547. The van der Waals surface area contributed by atoms with Crippen LogP contribution >= 0.6 is 23.1 Å². The zero-order valence-electron chi connectivity index (χ0n) is 16.6. The Labute approximate surface area is 173 Å². The lowest BCUT2D eigenvalue weighted by Gasteiger charge is -2.38. The summed E-state index contributed by atoms with van der Waals surface area (Å²) < 4.78 is 0. The highest BCUT2D eigenvalue weighted by molar-refractivity contribution is 7.99. The number of carbonyl (C=O) groups is 1. The van der Waals surface area contributed by atoms with Crippen LogP contribution in [0.3, 0.4) is 0 Å². The maximum atomic E-state index is 13.1. The number of aromatic amines is 1. The number of carbonyl (C=O) groups excluding carboxylic acids is 1. The van der Waals surface area contributed by atoms with Crippen LogP contribution in [-0.4, -0.2) is 21.0 Å². The molecule has 2 N–H and O–H groups in total. The molecule has 1 aliphatic carbocycles. The molecule has 3 heterocycles. The van der Waals surface area contributed by atoms with Crippen molar-refractivity contribution in [1.82, 2.24) is 9.97 Å². The van der Waals surface area contributed by atoms with Gasteiger partial charge in [0.05, 0.1) is 11.5 Å². The molecule has 148 valence electrons. The average Bonchev–Trinajstić information content (AvgIpc) is 3.12. The van der Waals surface area contributed by atoms with Crippen molar-refractivity contribution >= 4 is 34.7 Å². The second kappa shape index (κ2) is 7.19. The standard InChI is InChI=1S/C21H25N3O2S2/c1-5-11(2)28-20-23-18-17(19(26)24-20)16(14-7-6-8-27-14)15-12(22-18)9-21(3,4)10-13(15)25/h6-8,11,16H,5,9-10H2,1-4H3,(H2,22,23,24,26)/t11-,16-/m1/s1. The topological polar surface area (TPSA) is 74.8 Å². The fourth-order valence-electron chi connectivity index (χ4n) is 3.96. The molecule has 0 fully saturated rings. The Morgan fingerprint density at radius 3 is 2.82 bits per heavy atom. The van der Waals surface area contributed by atoms with Crippen molar-refractivity contribution in [3.63, 3.8) is 0 Å². The van der Waals surface area contributed by atoms with Crippen LogP contribution in [0.5, 0.6) is 0 Å². The Bertz CT molecular complexity index is 1010. The normalized spacial score (nSPS) is 21.7. The second-order valence-electron chi connectivity index (χ2n) is 8.38. The number of hydrogen-bond acceptors (Lipinski definition) is 6. The van der Waals surface area contributed by atoms with Gasteiger partial charge in [-0.1, -0.05) is 45.5 Å². The first-order valence-corrected chi connectivity index (χ1v) is 11.4. The molecule has 0 radical (unpaired) electrons. The number of ketones is 1. The highest BCUT2D eigenvalue weighted by atomic mass is 32.2. The summed E-state index contributed by atoms with van der Waals surface area (Å²) in [5.41, 5.74) is 1.96. The molecule has 2 aromatic rings. The lowest BCUT2D eigenvalue weighted by atomic mass is 9.70. The fourth-order valence-corrected chi connectivity index (χ4v) is 5.65. The molecule has 2 aromatic heterocycles. The first-order valence-electron chi connectivity index (χ1n) is 9.66. The van der Waals surface area contributed by atoms with Gasteiger partial charge in [0.1, 0.15) is 5.82 Å². The SMILES string of the molecule is CC[C@@H](C)Sc1nc2c(c(=O)[nH]1)[C@H](c1cccs1)C1=C(CC(C)(C)CC1=O)N2. The fraction of sp³-hybridized carbons (Fsp3) is 0.476. The zero-order valence-corrected chi connectivity index (χ0v) is 18.2. The molecular weight excluding hydrogens is 390 g/mol. The van der Waals surface area contributed by atoms with Crippen LogP contribution in [0.4, 0.5) is 5.82 Å². The molecule has 0 saturated carbocycles. The van der Waals surface area contributed by atoms with Crippen molar-refractivity contribution in [1.29, 1.82) is 0 Å². The maximum absolute atomic E-state index is 13.1. The van der Waals surface area contributed by atoms with Gasteiger partial charge in [-0.15, -0.1) is 11.3 Å². The number of H-pyrrole nitrogens is 1. The van der Waals surface area contributed by atoms with Crippen LogP contribution in [-0.2, 0) is 4.79 Å². The summed E-state index contributed by atoms with van der Waals surface area (Å²) >= 11 is 3.15. The van der Waals surface area contributed by atoms with Crippen LogP contribution < -0.4 is 10.9 Å².